The summed E-state index contributed by atoms with van der Waals surface area (Å²) in [5.41, 5.74) is 1.41. The van der Waals surface area contributed by atoms with E-state index < -0.39 is 17.9 Å². The number of halogens is 1. The maximum Gasteiger partial charge on any atom is 0.309 e. The van der Waals surface area contributed by atoms with Crippen LogP contribution in [0.5, 0.6) is 0 Å². The van der Waals surface area contributed by atoms with Gasteiger partial charge in [0.2, 0.25) is 0 Å². The zero-order valence-electron chi connectivity index (χ0n) is 17.8. The minimum atomic E-state index is -0.875. The van der Waals surface area contributed by atoms with E-state index in [4.69, 9.17) is 4.74 Å². The van der Waals surface area contributed by atoms with Gasteiger partial charge in [0.05, 0.1) is 5.92 Å². The summed E-state index contributed by atoms with van der Waals surface area (Å²) >= 11 is 0. The summed E-state index contributed by atoms with van der Waals surface area (Å²) < 4.78 is 18.5. The summed E-state index contributed by atoms with van der Waals surface area (Å²) in [6.45, 7) is 2.83. The molecular weight excluding hydrogens is 399 g/mol. The Labute approximate surface area is 181 Å². The highest BCUT2D eigenvalue weighted by atomic mass is 19.1. The molecular formula is C24H27FN2O4. The molecule has 1 aliphatic heterocycles. The van der Waals surface area contributed by atoms with Crippen LogP contribution in [0, 0.1) is 11.7 Å². The topological polar surface area (TPSA) is 66.9 Å². The fourth-order valence-corrected chi connectivity index (χ4v) is 3.66. The van der Waals surface area contributed by atoms with Crippen molar-refractivity contribution in [2.75, 3.05) is 20.1 Å². The summed E-state index contributed by atoms with van der Waals surface area (Å²) in [5.74, 6) is -1.61. The Hall–Kier alpha value is -3.22. The molecule has 31 heavy (non-hydrogen) atoms. The molecule has 2 aromatic carbocycles. The molecule has 1 atom stereocenters. The summed E-state index contributed by atoms with van der Waals surface area (Å²) in [5, 5.41) is 0. The minimum absolute atomic E-state index is 0.183. The maximum absolute atomic E-state index is 13.0. The van der Waals surface area contributed by atoms with Crippen LogP contribution in [0.25, 0.3) is 0 Å². The normalized spacial score (nSPS) is 15.3. The second-order valence-electron chi connectivity index (χ2n) is 7.83. The predicted molar refractivity (Wildman–Crippen MR) is 113 cm³/mol. The van der Waals surface area contributed by atoms with E-state index in [1.165, 1.54) is 29.2 Å². The van der Waals surface area contributed by atoms with E-state index >= 15 is 0 Å². The highest BCUT2D eigenvalue weighted by Gasteiger charge is 2.31. The largest absolute Gasteiger partial charge is 0.452 e. The Morgan fingerprint density at radius 1 is 1.06 bits per heavy atom. The van der Waals surface area contributed by atoms with Crippen molar-refractivity contribution >= 4 is 17.8 Å². The van der Waals surface area contributed by atoms with E-state index in [1.807, 2.05) is 30.3 Å². The van der Waals surface area contributed by atoms with Gasteiger partial charge in [-0.3, -0.25) is 14.4 Å². The number of rotatable bonds is 6. The number of benzene rings is 2. The van der Waals surface area contributed by atoms with Gasteiger partial charge in [-0.05, 0) is 49.6 Å². The number of hydrogen-bond donors (Lipinski definition) is 0. The SMILES string of the molecule is C[C@H](OC(=O)C1CCN(C(=O)c2ccc(F)cc2)CC1)C(=O)N(C)Cc1ccccc1. The van der Waals surface area contributed by atoms with Crippen molar-refractivity contribution in [1.82, 2.24) is 9.80 Å². The molecule has 2 amide bonds. The van der Waals surface area contributed by atoms with Crippen molar-refractivity contribution < 1.29 is 23.5 Å². The third-order valence-electron chi connectivity index (χ3n) is 5.49. The summed E-state index contributed by atoms with van der Waals surface area (Å²) in [6, 6.07) is 15.0. The van der Waals surface area contributed by atoms with Gasteiger partial charge in [-0.1, -0.05) is 30.3 Å². The lowest BCUT2D eigenvalue weighted by atomic mass is 9.96. The van der Waals surface area contributed by atoms with Gasteiger partial charge in [0.15, 0.2) is 6.10 Å². The quantitative estimate of drug-likeness (QED) is 0.665. The number of esters is 1. The van der Waals surface area contributed by atoms with Gasteiger partial charge in [0.1, 0.15) is 5.82 Å². The monoisotopic (exact) mass is 426 g/mol. The molecule has 0 bridgehead atoms. The first-order valence-electron chi connectivity index (χ1n) is 10.4. The van der Waals surface area contributed by atoms with Crippen molar-refractivity contribution in [2.24, 2.45) is 5.92 Å². The van der Waals surface area contributed by atoms with Crippen LogP contribution in [0.2, 0.25) is 0 Å². The number of nitrogens with zero attached hydrogens (tertiary/aromatic N) is 2. The maximum atomic E-state index is 13.0. The molecule has 1 aliphatic rings. The van der Waals surface area contributed by atoms with Crippen LogP contribution in [0.1, 0.15) is 35.7 Å². The molecule has 1 saturated heterocycles. The first-order chi connectivity index (χ1) is 14.8. The molecule has 2 aromatic rings. The molecule has 3 rings (SSSR count). The lowest BCUT2D eigenvalue weighted by molar-refractivity contribution is -0.163. The predicted octanol–water partition coefficient (Wildman–Crippen LogP) is 3.27. The van der Waals surface area contributed by atoms with Gasteiger partial charge in [-0.25, -0.2) is 4.39 Å². The van der Waals surface area contributed by atoms with E-state index in [9.17, 15) is 18.8 Å². The number of hydrogen-bond acceptors (Lipinski definition) is 4. The van der Waals surface area contributed by atoms with Crippen molar-refractivity contribution in [1.29, 1.82) is 0 Å². The van der Waals surface area contributed by atoms with Gasteiger partial charge in [0.25, 0.3) is 11.8 Å². The highest BCUT2D eigenvalue weighted by molar-refractivity contribution is 5.94. The molecule has 1 heterocycles. The summed E-state index contributed by atoms with van der Waals surface area (Å²) in [4.78, 5) is 40.8. The van der Waals surface area contributed by atoms with E-state index in [-0.39, 0.29) is 17.7 Å². The molecule has 0 N–H and O–H groups in total. The number of piperidine rings is 1. The molecule has 1 fully saturated rings. The lowest BCUT2D eigenvalue weighted by Gasteiger charge is -2.31. The molecule has 0 unspecified atom stereocenters. The first kappa shape index (κ1) is 22.5. The zero-order chi connectivity index (χ0) is 22.4. The van der Waals surface area contributed by atoms with Crippen LogP contribution in [0.4, 0.5) is 4.39 Å². The number of amides is 2. The second-order valence-corrected chi connectivity index (χ2v) is 7.83. The zero-order valence-corrected chi connectivity index (χ0v) is 17.8. The Bertz CT molecular complexity index is 909. The van der Waals surface area contributed by atoms with Crippen molar-refractivity contribution in [3.63, 3.8) is 0 Å². The summed E-state index contributed by atoms with van der Waals surface area (Å²) in [7, 11) is 1.68. The van der Waals surface area contributed by atoms with Crippen LogP contribution < -0.4 is 0 Å². The fourth-order valence-electron chi connectivity index (χ4n) is 3.66. The van der Waals surface area contributed by atoms with Crippen LogP contribution in [-0.4, -0.2) is 53.8 Å². The fraction of sp³-hybridized carbons (Fsp3) is 0.375. The van der Waals surface area contributed by atoms with E-state index in [2.05, 4.69) is 0 Å². The Balaban J connectivity index is 1.47. The van der Waals surface area contributed by atoms with Crippen LogP contribution >= 0.6 is 0 Å². The van der Waals surface area contributed by atoms with Gasteiger partial charge in [-0.15, -0.1) is 0 Å². The molecule has 0 spiro atoms. The van der Waals surface area contributed by atoms with E-state index in [0.717, 1.165) is 5.56 Å². The van der Waals surface area contributed by atoms with Crippen molar-refractivity contribution in [2.45, 2.75) is 32.4 Å². The first-order valence-corrected chi connectivity index (χ1v) is 10.4. The molecule has 6 nitrogen and oxygen atoms in total. The number of ether oxygens (including phenoxy) is 1. The number of likely N-dealkylation sites (N-methyl/N-ethyl adjacent to an activating group) is 1. The third kappa shape index (κ3) is 5.90. The smallest absolute Gasteiger partial charge is 0.309 e. The Morgan fingerprint density at radius 2 is 1.68 bits per heavy atom. The van der Waals surface area contributed by atoms with Crippen molar-refractivity contribution in [3.8, 4) is 0 Å². The van der Waals surface area contributed by atoms with Crippen molar-refractivity contribution in [3.05, 3.63) is 71.5 Å². The Kier molecular flexibility index (Phi) is 7.39. The van der Waals surface area contributed by atoms with E-state index in [1.54, 1.807) is 18.9 Å². The van der Waals surface area contributed by atoms with Crippen LogP contribution in [-0.2, 0) is 20.9 Å². The van der Waals surface area contributed by atoms with Gasteiger partial charge < -0.3 is 14.5 Å². The average Bonchev–Trinajstić information content (AvgIpc) is 2.79. The number of carbonyl (C=O) groups is 3. The lowest BCUT2D eigenvalue weighted by Crippen LogP contribution is -2.42. The molecule has 0 aromatic heterocycles. The molecule has 0 radical (unpaired) electrons. The van der Waals surface area contributed by atoms with Crippen LogP contribution in [0.15, 0.2) is 54.6 Å². The number of carbonyl (C=O) groups excluding carboxylic acids is 3. The van der Waals surface area contributed by atoms with E-state index in [0.29, 0.717) is 38.0 Å². The molecule has 0 aliphatic carbocycles. The Morgan fingerprint density at radius 3 is 2.29 bits per heavy atom. The van der Waals surface area contributed by atoms with Gasteiger partial charge in [0, 0.05) is 32.2 Å². The summed E-state index contributed by atoms with van der Waals surface area (Å²) in [6.07, 6.45) is 0.0547. The molecule has 7 heteroatoms. The average molecular weight is 426 g/mol. The van der Waals surface area contributed by atoms with Gasteiger partial charge >= 0.3 is 5.97 Å². The van der Waals surface area contributed by atoms with Crippen LogP contribution in [0.3, 0.4) is 0 Å². The minimum Gasteiger partial charge on any atom is -0.452 e. The standard InChI is InChI=1S/C24H27FN2O4/c1-17(22(28)26(2)16-18-6-4-3-5-7-18)31-24(30)20-12-14-27(15-13-20)23(29)19-8-10-21(25)11-9-19/h3-11,17,20H,12-16H2,1-2H3/t17-/m0/s1. The molecule has 164 valence electrons. The molecule has 0 saturated carbocycles. The number of likely N-dealkylation sites (tertiary alicyclic amines) is 1. The third-order valence-corrected chi connectivity index (χ3v) is 5.49. The second kappa shape index (κ2) is 10.2. The van der Waals surface area contributed by atoms with Gasteiger partial charge in [-0.2, -0.15) is 0 Å². The highest BCUT2D eigenvalue weighted by Crippen LogP contribution is 2.21.